The van der Waals surface area contributed by atoms with Crippen molar-refractivity contribution in [3.05, 3.63) is 256 Å². The molecule has 432 valence electrons. The molecule has 12 nitrogen and oxygen atoms in total. The molecule has 0 spiro atoms. The first-order chi connectivity index (χ1) is 46.2. The van der Waals surface area contributed by atoms with Crippen LogP contribution < -0.4 is 0 Å². The first-order valence-electron chi connectivity index (χ1n) is 31.0. The second kappa shape index (κ2) is 17.9. The Morgan fingerprint density at radius 2 is 0.548 bits per heavy atom. The van der Waals surface area contributed by atoms with Crippen LogP contribution in [0.4, 0.5) is 0 Å². The van der Waals surface area contributed by atoms with Crippen LogP contribution in [0.15, 0.2) is 282 Å². The quantitative estimate of drug-likeness (QED) is 0.136. The average Bonchev–Trinajstić information content (AvgIpc) is 1.56. The first-order valence-corrected chi connectivity index (χ1v) is 31.0. The van der Waals surface area contributed by atoms with Gasteiger partial charge in [-0.2, -0.15) is 0 Å². The predicted octanol–water partition coefficient (Wildman–Crippen LogP) is 22.3. The maximum absolute atomic E-state index is 6.69. The van der Waals surface area contributed by atoms with Gasteiger partial charge >= 0.3 is 0 Å². The van der Waals surface area contributed by atoms with E-state index >= 15 is 0 Å². The largest absolute Gasteiger partial charge is 0.456 e. The van der Waals surface area contributed by atoms with Gasteiger partial charge in [0.25, 0.3) is 0 Å². The highest BCUT2D eigenvalue weighted by molar-refractivity contribution is 6.39. The van der Waals surface area contributed by atoms with E-state index < -0.39 is 0 Å². The van der Waals surface area contributed by atoms with Gasteiger partial charge < -0.3 is 26.5 Å². The van der Waals surface area contributed by atoms with Crippen molar-refractivity contribution in [1.82, 2.24) is 28.2 Å². The van der Waals surface area contributed by atoms with Gasteiger partial charge in [-0.15, -0.1) is 0 Å². The molecule has 0 saturated carbocycles. The standard InChI is InChI=1S/3C27H14N2O2/c1-2-8-16-15(7-1)23-24(29-14-13-28-27(16)29)26-22(18-10-4-6-12-20(18)31-26)21-17-9-3-5-11-19(17)30-25(21)23;1-2-8-16-15(7-1)21-24(29-14-13-28-27(16)29)22-17-9-3-5-11-19(17)30-26(22)23-18-10-4-6-12-20(18)31-25(21)23;1-2-6-18-15(5-1)23-20(29-14-13-28-27(18)29)11-9-16-17-10-12-22-24(26(17)31-25(16)23)19-7-3-4-8-21(19)30-22/h3*1-14H. The minimum Gasteiger partial charge on any atom is -0.456 e. The van der Waals surface area contributed by atoms with Crippen molar-refractivity contribution < 1.29 is 26.5 Å². The Balaban J connectivity index is 0.0000000911. The SMILES string of the molecule is c1ccc2c(c1)oc1c2c2c3ccccc3oc2c2c1c1ccccc1c1nccn12.c1ccc2c(c1)oc1c2c2oc3ccccc3c2c2c1c1ccccc1c1nccn12.c1ccc2c(c1)oc1ccc3c4ccc5c(c6ccccc6c6nccn56)c4oc3c12. The van der Waals surface area contributed by atoms with E-state index in [9.17, 15) is 0 Å². The van der Waals surface area contributed by atoms with Crippen LogP contribution in [0.2, 0.25) is 0 Å². The minimum absolute atomic E-state index is 0.846. The molecule has 0 N–H and O–H groups in total. The molecule has 0 amide bonds. The lowest BCUT2D eigenvalue weighted by Crippen LogP contribution is -1.92. The lowest BCUT2D eigenvalue weighted by atomic mass is 9.98. The maximum atomic E-state index is 6.69. The zero-order chi connectivity index (χ0) is 60.3. The number of hydrogen-bond donors (Lipinski definition) is 0. The molecule has 0 saturated heterocycles. The van der Waals surface area contributed by atoms with Crippen LogP contribution in [0.5, 0.6) is 0 Å². The summed E-state index contributed by atoms with van der Waals surface area (Å²) in [5.41, 5.74) is 16.4. The van der Waals surface area contributed by atoms with Gasteiger partial charge in [0.1, 0.15) is 83.9 Å². The maximum Gasteiger partial charge on any atom is 0.160 e. The van der Waals surface area contributed by atoms with E-state index in [4.69, 9.17) is 31.5 Å². The number of furan rings is 6. The summed E-state index contributed by atoms with van der Waals surface area (Å²) in [6.45, 7) is 0. The van der Waals surface area contributed by atoms with E-state index in [0.717, 1.165) is 214 Å². The van der Waals surface area contributed by atoms with E-state index in [1.165, 1.54) is 0 Å². The van der Waals surface area contributed by atoms with Gasteiger partial charge in [0.15, 0.2) is 5.58 Å². The number of rotatable bonds is 0. The van der Waals surface area contributed by atoms with E-state index in [2.05, 4.69) is 163 Å². The Kier molecular flexibility index (Phi) is 9.43. The number of aromatic nitrogens is 6. The molecule has 24 rings (SSSR count). The van der Waals surface area contributed by atoms with Crippen LogP contribution >= 0.6 is 0 Å². The third-order valence-electron chi connectivity index (χ3n) is 19.3. The van der Waals surface area contributed by atoms with Crippen LogP contribution in [-0.2, 0) is 0 Å². The van der Waals surface area contributed by atoms with Crippen molar-refractivity contribution in [2.75, 3.05) is 0 Å². The number of para-hydroxylation sites is 5. The Hall–Kier alpha value is -12.9. The molecule has 12 aromatic heterocycles. The normalized spacial score (nSPS) is 12.5. The topological polar surface area (TPSA) is 131 Å². The Bertz CT molecular complexity index is 7400. The van der Waals surface area contributed by atoms with E-state index in [0.29, 0.717) is 0 Å². The number of fused-ring (bicyclic) bond motifs is 44. The van der Waals surface area contributed by atoms with Crippen molar-refractivity contribution in [1.29, 1.82) is 0 Å². The van der Waals surface area contributed by atoms with Crippen molar-refractivity contribution in [3.63, 3.8) is 0 Å². The van der Waals surface area contributed by atoms with Crippen LogP contribution in [0, 0.1) is 0 Å². The summed E-state index contributed by atoms with van der Waals surface area (Å²) < 4.78 is 45.3. The molecule has 12 aromatic carbocycles. The van der Waals surface area contributed by atoms with Crippen molar-refractivity contribution in [2.45, 2.75) is 0 Å². The Labute approximate surface area is 521 Å². The number of imidazole rings is 3. The van der Waals surface area contributed by atoms with Gasteiger partial charge in [-0.1, -0.05) is 164 Å². The van der Waals surface area contributed by atoms with Gasteiger partial charge in [-0.05, 0) is 70.8 Å². The highest BCUT2D eigenvalue weighted by Gasteiger charge is 2.28. The fraction of sp³-hybridized carbons (Fsp3) is 0. The lowest BCUT2D eigenvalue weighted by Gasteiger charge is -2.10. The predicted molar refractivity (Wildman–Crippen MR) is 374 cm³/mol. The molecular weight excluding hydrogens is 1150 g/mol. The monoisotopic (exact) mass is 1190 g/mol. The van der Waals surface area contributed by atoms with Gasteiger partial charge in [0.05, 0.1) is 38.0 Å². The van der Waals surface area contributed by atoms with Crippen LogP contribution in [-0.4, -0.2) is 28.2 Å². The second-order valence-electron chi connectivity index (χ2n) is 24.0. The van der Waals surface area contributed by atoms with Gasteiger partial charge in [0, 0.05) is 107 Å². The zero-order valence-corrected chi connectivity index (χ0v) is 48.9. The summed E-state index contributed by atoms with van der Waals surface area (Å²) in [6, 6.07) is 74.7. The third-order valence-corrected chi connectivity index (χ3v) is 19.3. The molecule has 0 fully saturated rings. The molecule has 0 unspecified atom stereocenters. The van der Waals surface area contributed by atoms with Crippen LogP contribution in [0.1, 0.15) is 0 Å². The van der Waals surface area contributed by atoms with E-state index in [1.54, 1.807) is 0 Å². The van der Waals surface area contributed by atoms with Gasteiger partial charge in [-0.3, -0.25) is 13.2 Å². The molecule has 93 heavy (non-hydrogen) atoms. The summed E-state index contributed by atoms with van der Waals surface area (Å²) in [5.74, 6) is 0. The van der Waals surface area contributed by atoms with Crippen LogP contribution in [0.3, 0.4) is 0 Å². The van der Waals surface area contributed by atoms with Gasteiger partial charge in [0.2, 0.25) is 0 Å². The van der Waals surface area contributed by atoms with E-state index in [1.807, 2.05) is 116 Å². The van der Waals surface area contributed by atoms with Crippen molar-refractivity contribution in [2.24, 2.45) is 0 Å². The van der Waals surface area contributed by atoms with Crippen molar-refractivity contribution in [3.8, 4) is 0 Å². The van der Waals surface area contributed by atoms with Crippen LogP contribution in [0.25, 0.3) is 214 Å². The highest BCUT2D eigenvalue weighted by Crippen LogP contribution is 2.50. The highest BCUT2D eigenvalue weighted by atomic mass is 16.4. The number of nitrogens with zero attached hydrogens (tertiary/aromatic N) is 6. The summed E-state index contributed by atoms with van der Waals surface area (Å²) in [7, 11) is 0. The number of hydrogen-bond acceptors (Lipinski definition) is 9. The first kappa shape index (κ1) is 49.0. The average molecular weight is 1200 g/mol. The molecular formula is C81H42N6O6. The smallest absolute Gasteiger partial charge is 0.160 e. The van der Waals surface area contributed by atoms with Gasteiger partial charge in [-0.25, -0.2) is 15.0 Å². The third kappa shape index (κ3) is 6.39. The Morgan fingerprint density at radius 1 is 0.204 bits per heavy atom. The number of benzene rings is 12. The fourth-order valence-electron chi connectivity index (χ4n) is 15.6. The number of pyridine rings is 3. The Morgan fingerprint density at radius 3 is 1.09 bits per heavy atom. The lowest BCUT2D eigenvalue weighted by molar-refractivity contribution is 0.663. The summed E-state index contributed by atoms with van der Waals surface area (Å²) >= 11 is 0. The molecule has 12 heteroatoms. The summed E-state index contributed by atoms with van der Waals surface area (Å²) in [4.78, 5) is 14.0. The molecule has 0 aliphatic carbocycles. The molecule has 0 aliphatic heterocycles. The molecule has 0 bridgehead atoms. The fourth-order valence-corrected chi connectivity index (χ4v) is 15.6. The summed E-state index contributed by atoms with van der Waals surface area (Å²) in [6.07, 6.45) is 11.6. The molecule has 12 heterocycles. The molecule has 0 aliphatic rings. The molecule has 0 atom stereocenters. The van der Waals surface area contributed by atoms with Crippen molar-refractivity contribution >= 4 is 214 Å². The summed E-state index contributed by atoms with van der Waals surface area (Å²) in [5, 5.41) is 23.0. The van der Waals surface area contributed by atoms with E-state index in [-0.39, 0.29) is 0 Å². The zero-order valence-electron chi connectivity index (χ0n) is 48.9. The molecule has 24 aromatic rings. The second-order valence-corrected chi connectivity index (χ2v) is 24.0. The molecule has 0 radical (unpaired) electrons. The minimum atomic E-state index is 0.846.